The van der Waals surface area contributed by atoms with Crippen LogP contribution in [0.5, 0.6) is 34.5 Å². The van der Waals surface area contributed by atoms with E-state index in [4.69, 9.17) is 54.2 Å². The van der Waals surface area contributed by atoms with E-state index in [2.05, 4.69) is 44.5 Å². The van der Waals surface area contributed by atoms with Crippen molar-refractivity contribution in [2.45, 2.75) is 114 Å². The molecule has 3 saturated heterocycles. The maximum absolute atomic E-state index is 13.2. The zero-order valence-electron chi connectivity index (χ0n) is 54.7. The van der Waals surface area contributed by atoms with Crippen molar-refractivity contribution >= 4 is 17.4 Å². The Bertz CT molecular complexity index is 3480. The van der Waals surface area contributed by atoms with Gasteiger partial charge in [0.05, 0.1) is 27.8 Å². The number of rotatable bonds is 18. The van der Waals surface area contributed by atoms with Crippen LogP contribution in [-0.2, 0) is 51.6 Å². The van der Waals surface area contributed by atoms with Crippen LogP contribution in [0.1, 0.15) is 92.6 Å². The first-order valence-electron chi connectivity index (χ1n) is 32.4. The van der Waals surface area contributed by atoms with E-state index in [1.165, 1.54) is 57.6 Å². The van der Waals surface area contributed by atoms with Crippen LogP contribution in [0, 0.1) is 35.5 Å². The van der Waals surface area contributed by atoms with Crippen molar-refractivity contribution in [1.29, 1.82) is 0 Å². The Morgan fingerprint density at radius 3 is 1.12 bits per heavy atom. The van der Waals surface area contributed by atoms with E-state index in [0.717, 1.165) is 145 Å². The van der Waals surface area contributed by atoms with E-state index < -0.39 is 58.7 Å². The van der Waals surface area contributed by atoms with Gasteiger partial charge < -0.3 is 52.8 Å². The number of hydrogen-bond donors (Lipinski definition) is 1. The molecule has 100 heavy (non-hydrogen) atoms. The first-order valence-corrected chi connectivity index (χ1v) is 32.8. The predicted molar refractivity (Wildman–Crippen MR) is 340 cm³/mol. The van der Waals surface area contributed by atoms with Crippen LogP contribution in [0.2, 0.25) is 5.15 Å². The number of piperidine rings is 3. The Balaban J connectivity index is 0.000000180. The Hall–Kier alpha value is -7.18. The molecule has 0 radical (unpaired) electrons. The second-order valence-electron chi connectivity index (χ2n) is 25.2. The van der Waals surface area contributed by atoms with E-state index >= 15 is 0 Å². The van der Waals surface area contributed by atoms with Crippen LogP contribution >= 0.6 is 11.6 Å². The van der Waals surface area contributed by atoms with Gasteiger partial charge in [-0.1, -0.05) is 61.2 Å². The smallest absolute Gasteiger partial charge is 0.417 e. The number of ether oxygens (including phenoxy) is 9. The summed E-state index contributed by atoms with van der Waals surface area (Å²) < 4.78 is 241. The highest BCUT2D eigenvalue weighted by molar-refractivity contribution is 6.29. The Kier molecular flexibility index (Phi) is 26.3. The van der Waals surface area contributed by atoms with Crippen molar-refractivity contribution in [2.24, 2.45) is 35.5 Å². The molecule has 9 atom stereocenters. The molecule has 6 aliphatic rings. The molecule has 3 saturated carbocycles. The van der Waals surface area contributed by atoms with Crippen LogP contribution < -0.4 is 38.6 Å². The van der Waals surface area contributed by atoms with Gasteiger partial charge in [0, 0.05) is 116 Å². The second-order valence-corrected chi connectivity index (χ2v) is 25.6. The summed E-state index contributed by atoms with van der Waals surface area (Å²) in [6.07, 6.45) is -11.7. The van der Waals surface area contributed by atoms with Gasteiger partial charge in [0.25, 0.3) is 0 Å². The molecule has 6 bridgehead atoms. The molecule has 2 aromatic heterocycles. The van der Waals surface area contributed by atoms with Gasteiger partial charge >= 0.3 is 30.9 Å². The van der Waals surface area contributed by atoms with Crippen LogP contribution in [0.25, 0.3) is 0 Å². The normalized spacial score (nSPS) is 23.0. The Morgan fingerprint density at radius 2 is 0.770 bits per heavy atom. The molecule has 14 nitrogen and oxygen atoms in total. The number of alkyl halides is 15. The fourth-order valence-electron chi connectivity index (χ4n) is 13.6. The fraction of sp³-hybridized carbons (Fsp3) is 0.514. The van der Waals surface area contributed by atoms with E-state index in [-0.39, 0.29) is 80.1 Å². The van der Waals surface area contributed by atoms with Crippen LogP contribution in [0.15, 0.2) is 122 Å². The quantitative estimate of drug-likeness (QED) is 0.0498. The summed E-state index contributed by atoms with van der Waals surface area (Å²) in [7, 11) is 4.22. The average molecular weight is 1450 g/mol. The summed E-state index contributed by atoms with van der Waals surface area (Å²) in [5.41, 5.74) is -2.68. The fourth-order valence-corrected chi connectivity index (χ4v) is 13.7. The monoisotopic (exact) mass is 1450 g/mol. The van der Waals surface area contributed by atoms with Gasteiger partial charge in [0.2, 0.25) is 0 Å². The molecule has 3 unspecified atom stereocenters. The molecule has 6 aromatic rings. The van der Waals surface area contributed by atoms with Gasteiger partial charge in [-0.3, -0.25) is 4.90 Å². The standard InChI is InChI=1S/C24H28F3NO3.C23H24F6N2O3.C17H22F3NO3.C6H3ClF3N.H2/c1-29-16-30-22-12-20(24(25,26)27)10-11-21(22)31-23-18-8-5-9-19(23)15-28(14-18)13-17-6-3-2-4-7-17;1-32-13-33-19-9-16(22(24,25)26)5-7-18(19)34-21-14-3-2-4-15(21)12-31(11-14)20-8-6-17(10-30-20)23(27,28)29;1-22-10-23-15-7-13(17(18,19)20)5-6-14(15)24-16-11-3-2-4-12(16)9-21-8-11;7-5-2-1-4(3-11-5)6(8,9)10;/h2-4,6-7,10-12,18-19,23H,5,8-9,13-16H2,1H3;5-10,14-15,21H,2-4,11-13H2,1H3;5-7,11-12,16,21H,2-4,8-10H2,1H3;1-3H;1H/t18-,19+,23?;14-,15+,21?;11-,12+,16?;;. The summed E-state index contributed by atoms with van der Waals surface area (Å²) in [5.74, 6) is 2.98. The molecule has 550 valence electrons. The SMILES string of the molecule is COCOc1cc(C(F)(F)F)ccc1OC1[C@@H]2CCC[C@H]1CN(Cc1ccccc1)C2.COCOc1cc(C(F)(F)F)ccc1OC1[C@@H]2CCC[C@H]1CN(c1ccc(C(F)(F)F)cn1)C2.COCOc1cc(C(F)(F)F)ccc1OC1[C@@H]2CCC[C@H]1CNC2.FC(F)(F)c1ccc(Cl)nc1.[HH]. The minimum absolute atomic E-state index is 0. The molecular weight excluding hydrogens is 1380 g/mol. The van der Waals surface area contributed by atoms with E-state index in [9.17, 15) is 65.9 Å². The Morgan fingerprint density at radius 1 is 0.420 bits per heavy atom. The number of benzene rings is 4. The predicted octanol–water partition coefficient (Wildman–Crippen LogP) is 17.6. The number of halogens is 16. The highest BCUT2D eigenvalue weighted by Crippen LogP contribution is 2.46. The van der Waals surface area contributed by atoms with Crippen LogP contribution in [-0.4, -0.2) is 114 Å². The summed E-state index contributed by atoms with van der Waals surface area (Å²) in [6.45, 7) is 5.06. The van der Waals surface area contributed by atoms with E-state index in [1.807, 2.05) is 11.0 Å². The van der Waals surface area contributed by atoms with Crippen molar-refractivity contribution in [3.8, 4) is 34.5 Å². The van der Waals surface area contributed by atoms with Gasteiger partial charge in [-0.15, -0.1) is 0 Å². The molecular formula is C70H79ClF15N5O9. The highest BCUT2D eigenvalue weighted by atomic mass is 35.5. The number of pyridine rings is 2. The third-order valence-electron chi connectivity index (χ3n) is 18.2. The molecule has 5 heterocycles. The first kappa shape index (κ1) is 77.0. The molecule has 0 amide bonds. The number of methoxy groups -OCH3 is 3. The lowest BCUT2D eigenvalue weighted by molar-refractivity contribution is -0.138. The molecule has 0 spiro atoms. The number of nitrogens with zero attached hydrogens (tertiary/aromatic N) is 4. The molecule has 6 fully saturated rings. The van der Waals surface area contributed by atoms with Gasteiger partial charge in [-0.25, -0.2) is 9.97 Å². The van der Waals surface area contributed by atoms with E-state index in [0.29, 0.717) is 60.3 Å². The number of hydrogen-bond acceptors (Lipinski definition) is 14. The first-order chi connectivity index (χ1) is 47.5. The zero-order valence-corrected chi connectivity index (χ0v) is 55.4. The number of nitrogens with one attached hydrogen (secondary N) is 1. The minimum atomic E-state index is -4.53. The Labute approximate surface area is 575 Å². The molecule has 3 aliphatic heterocycles. The zero-order chi connectivity index (χ0) is 72.0. The number of aromatic nitrogens is 2. The van der Waals surface area contributed by atoms with Crippen molar-refractivity contribution in [1.82, 2.24) is 20.2 Å². The van der Waals surface area contributed by atoms with E-state index in [1.54, 1.807) is 0 Å². The summed E-state index contributed by atoms with van der Waals surface area (Å²) in [5, 5.41) is 3.45. The van der Waals surface area contributed by atoms with Crippen molar-refractivity contribution in [3.05, 3.63) is 160 Å². The number of anilines is 1. The third-order valence-corrected chi connectivity index (χ3v) is 18.5. The third kappa shape index (κ3) is 21.2. The lowest BCUT2D eigenvalue weighted by Crippen LogP contribution is -2.54. The molecule has 4 aromatic carbocycles. The molecule has 30 heteroatoms. The molecule has 12 rings (SSSR count). The van der Waals surface area contributed by atoms with Crippen molar-refractivity contribution in [3.63, 3.8) is 0 Å². The molecule has 1 N–H and O–H groups in total. The van der Waals surface area contributed by atoms with Gasteiger partial charge in [-0.05, 0) is 123 Å². The summed E-state index contributed by atoms with van der Waals surface area (Å²) in [6, 6.07) is 24.7. The number of fused-ring (bicyclic) bond motifs is 6. The van der Waals surface area contributed by atoms with Crippen molar-refractivity contribution in [2.75, 3.05) is 85.9 Å². The summed E-state index contributed by atoms with van der Waals surface area (Å²) >= 11 is 5.28. The van der Waals surface area contributed by atoms with Crippen LogP contribution in [0.3, 0.4) is 0 Å². The van der Waals surface area contributed by atoms with Gasteiger partial charge in [0.1, 0.15) is 29.3 Å². The average Bonchev–Trinajstić information content (AvgIpc) is 0.785. The van der Waals surface area contributed by atoms with Gasteiger partial charge in [0.15, 0.2) is 54.9 Å². The molecule has 3 aliphatic carbocycles. The van der Waals surface area contributed by atoms with Crippen molar-refractivity contribution < 1.29 is 110 Å². The largest absolute Gasteiger partial charge is 0.486 e. The maximum atomic E-state index is 13.2. The number of likely N-dealkylation sites (tertiary alicyclic amines) is 1. The summed E-state index contributed by atoms with van der Waals surface area (Å²) in [4.78, 5) is 11.7. The van der Waals surface area contributed by atoms with Gasteiger partial charge in [-0.2, -0.15) is 65.9 Å². The second kappa shape index (κ2) is 34.2. The van der Waals surface area contributed by atoms with Crippen LogP contribution in [0.4, 0.5) is 71.7 Å². The maximum Gasteiger partial charge on any atom is 0.417 e. The highest BCUT2D eigenvalue weighted by Gasteiger charge is 2.45. The lowest BCUT2D eigenvalue weighted by Gasteiger charge is -2.47. The topological polar surface area (TPSA) is 127 Å². The lowest BCUT2D eigenvalue weighted by atomic mass is 9.75. The minimum Gasteiger partial charge on any atom is -0.486 e.